The maximum absolute atomic E-state index is 7.27. The van der Waals surface area contributed by atoms with Crippen molar-refractivity contribution in [3.05, 3.63) is 331 Å². The fourth-order valence-electron chi connectivity index (χ4n) is 19.1. The average Bonchev–Trinajstić information content (AvgIpc) is 1.39. The van der Waals surface area contributed by atoms with E-state index in [2.05, 4.69) is 426 Å². The molecule has 7 heteroatoms. The van der Waals surface area contributed by atoms with Crippen molar-refractivity contribution in [2.75, 3.05) is 9.80 Å². The van der Waals surface area contributed by atoms with Crippen LogP contribution in [0.25, 0.3) is 143 Å². The lowest BCUT2D eigenvalue weighted by Gasteiger charge is -2.46. The van der Waals surface area contributed by atoms with Crippen molar-refractivity contribution in [2.24, 2.45) is 0 Å². The molecule has 0 saturated carbocycles. The summed E-state index contributed by atoms with van der Waals surface area (Å²) in [5.74, 6) is 0. The molecule has 0 fully saturated rings. The van der Waals surface area contributed by atoms with Gasteiger partial charge in [-0.25, -0.2) is 0 Å². The highest BCUT2D eigenvalue weighted by Crippen LogP contribution is 2.57. The van der Waals surface area contributed by atoms with Gasteiger partial charge in [0.15, 0.2) is 0 Å². The van der Waals surface area contributed by atoms with Crippen molar-refractivity contribution >= 4 is 145 Å². The van der Waals surface area contributed by atoms with E-state index in [0.29, 0.717) is 0 Å². The van der Waals surface area contributed by atoms with Crippen molar-refractivity contribution in [1.82, 2.24) is 9.13 Å². The van der Waals surface area contributed by atoms with E-state index in [0.717, 1.165) is 145 Å². The molecule has 2 aliphatic heterocycles. The topological polar surface area (TPSA) is 42.6 Å². The zero-order valence-corrected chi connectivity index (χ0v) is 69.6. The first kappa shape index (κ1) is 71.9. The average molecular weight is 1520 g/mol. The quantitative estimate of drug-likeness (QED) is 0.142. The van der Waals surface area contributed by atoms with E-state index in [-0.39, 0.29) is 28.4 Å². The van der Waals surface area contributed by atoms with Gasteiger partial charge in [0.25, 0.3) is 6.71 Å². The lowest BCUT2D eigenvalue weighted by Crippen LogP contribution is -2.61. The van der Waals surface area contributed by atoms with E-state index in [1.54, 1.807) is 0 Å². The first-order valence-corrected chi connectivity index (χ1v) is 41.6. The predicted octanol–water partition coefficient (Wildman–Crippen LogP) is 28.9. The molecule has 0 radical (unpaired) electrons. The SMILES string of the molecule is CC(C)(C)c1cc(-c2ccc3oc4ccccc4c3c2N2c3cc(-n4c5ccccc5c5ccc(-c6ccccc6)cc54)ccc3B3c4ccc(-n5c6ccccc6c6ccc(-c7ccccc7)cc65)cc4N(c4c(-c5cc(C(C)(C)C)cc(C(C)(C)C)c5)ccc5oc6ccccc6c45)c4cc(C(C)(C)C)cc2c43)cc(C(C)(C)C)c1. The standard InChI is InChI=1S/C110H95BN4O2/c1-106(2,3)72-54-70(55-73(60-72)107(4,5)6)79-48-52-99-101(85-36-24-28-40-97(85)116-99)104(79)114-93-64-77(112-89-38-26-22-34-81(89)83-46-42-68(58-91(83)112)66-30-18-16-19-31-66)44-50-87(93)111-88-51-45-78(113-90-39-27-23-35-82(90)84-47-43-69(59-92(84)113)67-32-20-17-21-33-67)65-94(88)115(96-63-76(110(13,14)15)62-95(114)103(96)111)105-80(49-53-100-102(105)86-37-25-29-41-98(86)117-100)71-56-74(108(7,8)9)61-75(57-71)109(10,11)12/h16-65H,1-15H3. The Morgan fingerprint density at radius 3 is 0.966 bits per heavy atom. The first-order chi connectivity index (χ1) is 56.2. The lowest BCUT2D eigenvalue weighted by molar-refractivity contribution is 0.568. The van der Waals surface area contributed by atoms with Gasteiger partial charge < -0.3 is 27.8 Å². The lowest BCUT2D eigenvalue weighted by atomic mass is 9.33. The number of hydrogen-bond acceptors (Lipinski definition) is 4. The second kappa shape index (κ2) is 25.8. The van der Waals surface area contributed by atoms with Crippen molar-refractivity contribution < 1.29 is 8.83 Å². The zero-order chi connectivity index (χ0) is 80.3. The highest BCUT2D eigenvalue weighted by molar-refractivity contribution is 7.00. The van der Waals surface area contributed by atoms with Crippen LogP contribution in [0.1, 0.15) is 132 Å². The molecule has 2 aliphatic rings. The van der Waals surface area contributed by atoms with E-state index < -0.39 is 5.41 Å². The normalized spacial score (nSPS) is 13.4. The minimum Gasteiger partial charge on any atom is -0.456 e. The maximum Gasteiger partial charge on any atom is 0.252 e. The molecule has 4 aromatic heterocycles. The van der Waals surface area contributed by atoms with Crippen LogP contribution in [-0.4, -0.2) is 15.8 Å². The first-order valence-electron chi connectivity index (χ1n) is 41.6. The van der Waals surface area contributed by atoms with E-state index in [1.165, 1.54) is 76.9 Å². The third-order valence-corrected chi connectivity index (χ3v) is 25.4. The van der Waals surface area contributed by atoms with Crippen LogP contribution in [0, 0.1) is 0 Å². The van der Waals surface area contributed by atoms with E-state index in [1.807, 2.05) is 0 Å². The number of anilines is 6. The summed E-state index contributed by atoms with van der Waals surface area (Å²) < 4.78 is 19.6. The maximum atomic E-state index is 7.27. The molecule has 0 unspecified atom stereocenters. The molecule has 0 N–H and O–H groups in total. The largest absolute Gasteiger partial charge is 0.456 e. The minimum absolute atomic E-state index is 0.182. The van der Waals surface area contributed by atoms with E-state index >= 15 is 0 Å². The molecule has 6 heterocycles. The third kappa shape index (κ3) is 11.5. The molecule has 0 bridgehead atoms. The molecule has 0 atom stereocenters. The molecule has 570 valence electrons. The van der Waals surface area contributed by atoms with Gasteiger partial charge >= 0.3 is 0 Å². The summed E-state index contributed by atoms with van der Waals surface area (Å²) in [5.41, 5.74) is 34.5. The number of furan rings is 2. The van der Waals surface area contributed by atoms with Crippen LogP contribution >= 0.6 is 0 Å². The monoisotopic (exact) mass is 1510 g/mol. The van der Waals surface area contributed by atoms with Gasteiger partial charge in [-0.1, -0.05) is 310 Å². The fourth-order valence-corrected chi connectivity index (χ4v) is 19.1. The van der Waals surface area contributed by atoms with Crippen LogP contribution in [0.4, 0.5) is 34.1 Å². The number of benzene rings is 15. The summed E-state index contributed by atoms with van der Waals surface area (Å²) in [7, 11) is 0. The molecule has 21 rings (SSSR count). The number of hydrogen-bond donors (Lipinski definition) is 0. The van der Waals surface area contributed by atoms with Crippen LogP contribution < -0.4 is 26.2 Å². The number of rotatable bonds is 8. The Kier molecular flexibility index (Phi) is 15.9. The number of fused-ring (bicyclic) bond motifs is 16. The Hall–Kier alpha value is -12.8. The number of para-hydroxylation sites is 4. The molecular weight excluding hydrogens is 1420 g/mol. The van der Waals surface area contributed by atoms with Gasteiger partial charge in [0.1, 0.15) is 22.3 Å². The smallest absolute Gasteiger partial charge is 0.252 e. The van der Waals surface area contributed by atoms with Crippen LogP contribution in [0.15, 0.2) is 312 Å². The van der Waals surface area contributed by atoms with Crippen molar-refractivity contribution in [3.8, 4) is 55.9 Å². The second-order valence-electron chi connectivity index (χ2n) is 38.1. The van der Waals surface area contributed by atoms with Gasteiger partial charge in [-0.3, -0.25) is 0 Å². The summed E-state index contributed by atoms with van der Waals surface area (Å²) in [5, 5.41) is 9.03. The molecule has 19 aromatic rings. The number of aromatic nitrogens is 2. The molecule has 15 aromatic carbocycles. The number of nitrogens with zero attached hydrogens (tertiary/aromatic N) is 4. The summed E-state index contributed by atoms with van der Waals surface area (Å²) in [6, 6.07) is 115. The van der Waals surface area contributed by atoms with Crippen LogP contribution in [0.3, 0.4) is 0 Å². The van der Waals surface area contributed by atoms with Gasteiger partial charge in [-0.15, -0.1) is 0 Å². The van der Waals surface area contributed by atoms with Crippen LogP contribution in [0.5, 0.6) is 0 Å². The molecule has 6 nitrogen and oxygen atoms in total. The Labute approximate surface area is 686 Å². The van der Waals surface area contributed by atoms with E-state index in [9.17, 15) is 0 Å². The van der Waals surface area contributed by atoms with Gasteiger partial charge in [-0.2, -0.15) is 0 Å². The minimum atomic E-state index is -0.402. The Balaban J connectivity index is 0.951. The predicted molar refractivity (Wildman–Crippen MR) is 499 cm³/mol. The molecule has 0 saturated heterocycles. The van der Waals surface area contributed by atoms with E-state index in [4.69, 9.17) is 8.83 Å². The van der Waals surface area contributed by atoms with Crippen LogP contribution in [-0.2, 0) is 27.1 Å². The third-order valence-electron chi connectivity index (χ3n) is 25.4. The molecular formula is C110H95BN4O2. The molecule has 0 aliphatic carbocycles. The second-order valence-corrected chi connectivity index (χ2v) is 38.1. The van der Waals surface area contributed by atoms with Gasteiger partial charge in [0, 0.05) is 77.6 Å². The Morgan fingerprint density at radius 2 is 0.581 bits per heavy atom. The fraction of sp³-hybridized carbons (Fsp3) is 0.182. The van der Waals surface area contributed by atoms with Gasteiger partial charge in [0.05, 0.1) is 44.2 Å². The highest BCUT2D eigenvalue weighted by atomic mass is 16.3. The Bertz CT molecular complexity index is 6860. The van der Waals surface area contributed by atoms with Crippen molar-refractivity contribution in [2.45, 2.75) is 131 Å². The van der Waals surface area contributed by atoms with Gasteiger partial charge in [-0.05, 0) is 202 Å². The summed E-state index contributed by atoms with van der Waals surface area (Å²) in [6.07, 6.45) is 0. The molecule has 117 heavy (non-hydrogen) atoms. The highest BCUT2D eigenvalue weighted by Gasteiger charge is 2.47. The van der Waals surface area contributed by atoms with Crippen LogP contribution in [0.2, 0.25) is 0 Å². The summed E-state index contributed by atoms with van der Waals surface area (Å²) >= 11 is 0. The zero-order valence-electron chi connectivity index (χ0n) is 69.6. The van der Waals surface area contributed by atoms with Crippen molar-refractivity contribution in [3.63, 3.8) is 0 Å². The van der Waals surface area contributed by atoms with Gasteiger partial charge in [0.2, 0.25) is 0 Å². The van der Waals surface area contributed by atoms with Crippen molar-refractivity contribution in [1.29, 1.82) is 0 Å². The molecule has 0 amide bonds. The Morgan fingerprint density at radius 1 is 0.239 bits per heavy atom. The summed E-state index contributed by atoms with van der Waals surface area (Å²) in [6.45, 7) is 35.2. The molecule has 0 spiro atoms. The summed E-state index contributed by atoms with van der Waals surface area (Å²) in [4.78, 5) is 5.45.